The molecule has 102 valence electrons. The Balaban J connectivity index is 1.94. The molecular weight excluding hydrogens is 243 g/mol. The summed E-state index contributed by atoms with van der Waals surface area (Å²) >= 11 is 0. The lowest BCUT2D eigenvalue weighted by Crippen LogP contribution is -2.32. The average Bonchev–Trinajstić information content (AvgIpc) is 2.95. The number of anilines is 1. The number of nitrogens with zero attached hydrogens (tertiary/aromatic N) is 3. The van der Waals surface area contributed by atoms with Crippen molar-refractivity contribution in [3.05, 3.63) is 24.0 Å². The van der Waals surface area contributed by atoms with E-state index in [9.17, 15) is 4.39 Å². The third kappa shape index (κ3) is 2.18. The van der Waals surface area contributed by atoms with E-state index >= 15 is 0 Å². The Morgan fingerprint density at radius 1 is 1.47 bits per heavy atom. The highest BCUT2D eigenvalue weighted by Crippen LogP contribution is 2.24. The number of hydrogen-bond donors (Lipinski definition) is 1. The van der Waals surface area contributed by atoms with E-state index in [1.54, 1.807) is 6.07 Å². The van der Waals surface area contributed by atoms with Crippen LogP contribution in [0.3, 0.4) is 0 Å². The van der Waals surface area contributed by atoms with Gasteiger partial charge in [-0.05, 0) is 38.1 Å². The molecule has 0 bridgehead atoms. The fourth-order valence-electron chi connectivity index (χ4n) is 3.04. The van der Waals surface area contributed by atoms with Gasteiger partial charge in [0.2, 0.25) is 5.95 Å². The molecule has 0 spiro atoms. The van der Waals surface area contributed by atoms with Gasteiger partial charge >= 0.3 is 0 Å². The van der Waals surface area contributed by atoms with Crippen LogP contribution in [0.15, 0.2) is 18.2 Å². The lowest BCUT2D eigenvalue weighted by molar-refractivity contribution is 0.246. The lowest BCUT2D eigenvalue weighted by atomic mass is 10.2. The normalized spacial score (nSPS) is 20.4. The summed E-state index contributed by atoms with van der Waals surface area (Å²) in [6.45, 7) is 5.24. The van der Waals surface area contributed by atoms with Crippen molar-refractivity contribution in [3.63, 3.8) is 0 Å². The molecule has 1 aromatic heterocycles. The second-order valence-electron chi connectivity index (χ2n) is 5.14. The number of imidazole rings is 1. The standard InChI is InChI=1S/C14H19FN4/c1-2-18-7-3-4-11(18)9-19-13-6-5-10(15)8-12(13)17-14(19)16/h5-6,8,11H,2-4,7,9H2,1H3,(H2,16,17). The summed E-state index contributed by atoms with van der Waals surface area (Å²) in [6, 6.07) is 5.18. The Morgan fingerprint density at radius 2 is 2.32 bits per heavy atom. The van der Waals surface area contributed by atoms with Gasteiger partial charge in [-0.2, -0.15) is 0 Å². The number of likely N-dealkylation sites (tertiary alicyclic amines) is 1. The summed E-state index contributed by atoms with van der Waals surface area (Å²) in [5.41, 5.74) is 7.54. The molecule has 1 unspecified atom stereocenters. The monoisotopic (exact) mass is 262 g/mol. The number of benzene rings is 1. The molecule has 5 heteroatoms. The predicted octanol–water partition coefficient (Wildman–Crippen LogP) is 2.24. The summed E-state index contributed by atoms with van der Waals surface area (Å²) in [4.78, 5) is 6.72. The van der Waals surface area contributed by atoms with Crippen LogP contribution >= 0.6 is 0 Å². The quantitative estimate of drug-likeness (QED) is 0.922. The van der Waals surface area contributed by atoms with Crippen LogP contribution in [0.2, 0.25) is 0 Å². The molecule has 3 rings (SSSR count). The summed E-state index contributed by atoms with van der Waals surface area (Å²) in [6.07, 6.45) is 2.42. The molecule has 4 nitrogen and oxygen atoms in total. The van der Waals surface area contributed by atoms with E-state index in [-0.39, 0.29) is 5.82 Å². The van der Waals surface area contributed by atoms with Crippen molar-refractivity contribution < 1.29 is 4.39 Å². The molecule has 0 radical (unpaired) electrons. The zero-order valence-corrected chi connectivity index (χ0v) is 11.1. The van der Waals surface area contributed by atoms with E-state index < -0.39 is 0 Å². The van der Waals surface area contributed by atoms with Crippen LogP contribution in [0.5, 0.6) is 0 Å². The van der Waals surface area contributed by atoms with Gasteiger partial charge in [-0.25, -0.2) is 9.37 Å². The predicted molar refractivity (Wildman–Crippen MR) is 74.4 cm³/mol. The maximum Gasteiger partial charge on any atom is 0.201 e. The molecule has 1 aliphatic rings. The Bertz CT molecular complexity index is 592. The number of halogens is 1. The SMILES string of the molecule is CCN1CCCC1Cn1c(N)nc2cc(F)ccc21. The molecular formula is C14H19FN4. The Morgan fingerprint density at radius 3 is 3.11 bits per heavy atom. The minimum atomic E-state index is -0.270. The van der Waals surface area contributed by atoms with Crippen LogP contribution in [-0.2, 0) is 6.54 Å². The largest absolute Gasteiger partial charge is 0.369 e. The van der Waals surface area contributed by atoms with E-state index in [0.717, 1.165) is 25.2 Å². The summed E-state index contributed by atoms with van der Waals surface area (Å²) in [5, 5.41) is 0. The average molecular weight is 262 g/mol. The molecule has 1 aliphatic heterocycles. The van der Waals surface area contributed by atoms with Crippen molar-refractivity contribution in [1.82, 2.24) is 14.5 Å². The van der Waals surface area contributed by atoms with Crippen LogP contribution in [0.4, 0.5) is 10.3 Å². The molecule has 1 aromatic carbocycles. The maximum atomic E-state index is 13.2. The number of aromatic nitrogens is 2. The van der Waals surface area contributed by atoms with Gasteiger partial charge in [0.1, 0.15) is 5.82 Å². The van der Waals surface area contributed by atoms with Crippen LogP contribution in [0.25, 0.3) is 11.0 Å². The van der Waals surface area contributed by atoms with Gasteiger partial charge in [0.25, 0.3) is 0 Å². The number of likely N-dealkylation sites (N-methyl/N-ethyl adjacent to an activating group) is 1. The number of nitrogen functional groups attached to an aromatic ring is 1. The van der Waals surface area contributed by atoms with Crippen molar-refractivity contribution in [2.75, 3.05) is 18.8 Å². The fraction of sp³-hybridized carbons (Fsp3) is 0.500. The fourth-order valence-corrected chi connectivity index (χ4v) is 3.04. The van der Waals surface area contributed by atoms with E-state index in [1.165, 1.54) is 25.0 Å². The van der Waals surface area contributed by atoms with Gasteiger partial charge in [-0.3, -0.25) is 4.90 Å². The highest BCUT2D eigenvalue weighted by Gasteiger charge is 2.24. The van der Waals surface area contributed by atoms with Crippen molar-refractivity contribution >= 4 is 17.0 Å². The molecule has 1 fully saturated rings. The Kier molecular flexibility index (Phi) is 3.14. The maximum absolute atomic E-state index is 13.2. The topological polar surface area (TPSA) is 47.1 Å². The molecule has 19 heavy (non-hydrogen) atoms. The number of rotatable bonds is 3. The Labute approximate surface area is 112 Å². The Hall–Kier alpha value is -1.62. The number of hydrogen-bond acceptors (Lipinski definition) is 3. The van der Waals surface area contributed by atoms with Gasteiger partial charge in [-0.15, -0.1) is 0 Å². The van der Waals surface area contributed by atoms with E-state index in [4.69, 9.17) is 5.73 Å². The van der Waals surface area contributed by atoms with Crippen molar-refractivity contribution in [2.45, 2.75) is 32.4 Å². The molecule has 1 atom stereocenters. The van der Waals surface area contributed by atoms with Gasteiger partial charge in [0, 0.05) is 18.7 Å². The van der Waals surface area contributed by atoms with Crippen LogP contribution in [-0.4, -0.2) is 33.6 Å². The van der Waals surface area contributed by atoms with Crippen LogP contribution < -0.4 is 5.73 Å². The molecule has 1 saturated heterocycles. The van der Waals surface area contributed by atoms with Gasteiger partial charge in [0.15, 0.2) is 0 Å². The molecule has 2 heterocycles. The third-order valence-corrected chi connectivity index (χ3v) is 4.04. The highest BCUT2D eigenvalue weighted by molar-refractivity contribution is 5.78. The second kappa shape index (κ2) is 4.81. The summed E-state index contributed by atoms with van der Waals surface area (Å²) < 4.78 is 15.2. The lowest BCUT2D eigenvalue weighted by Gasteiger charge is -2.23. The molecule has 2 aromatic rings. The van der Waals surface area contributed by atoms with E-state index in [1.807, 2.05) is 4.57 Å². The van der Waals surface area contributed by atoms with Crippen molar-refractivity contribution in [3.8, 4) is 0 Å². The van der Waals surface area contributed by atoms with Crippen molar-refractivity contribution in [2.24, 2.45) is 0 Å². The number of nitrogens with two attached hydrogens (primary N) is 1. The van der Waals surface area contributed by atoms with Gasteiger partial charge in [0.05, 0.1) is 11.0 Å². The molecule has 0 saturated carbocycles. The zero-order valence-electron chi connectivity index (χ0n) is 11.1. The first-order valence-electron chi connectivity index (χ1n) is 6.84. The van der Waals surface area contributed by atoms with Crippen molar-refractivity contribution in [1.29, 1.82) is 0 Å². The summed E-state index contributed by atoms with van der Waals surface area (Å²) in [7, 11) is 0. The molecule has 2 N–H and O–H groups in total. The zero-order chi connectivity index (χ0) is 13.4. The molecule has 0 amide bonds. The van der Waals surface area contributed by atoms with E-state index in [0.29, 0.717) is 17.5 Å². The minimum absolute atomic E-state index is 0.270. The van der Waals surface area contributed by atoms with Gasteiger partial charge < -0.3 is 10.3 Å². The minimum Gasteiger partial charge on any atom is -0.369 e. The van der Waals surface area contributed by atoms with E-state index in [2.05, 4.69) is 16.8 Å². The van der Waals surface area contributed by atoms with Crippen LogP contribution in [0.1, 0.15) is 19.8 Å². The highest BCUT2D eigenvalue weighted by atomic mass is 19.1. The first kappa shape index (κ1) is 12.4. The summed E-state index contributed by atoms with van der Waals surface area (Å²) in [5.74, 6) is 0.205. The van der Waals surface area contributed by atoms with Crippen LogP contribution in [0, 0.1) is 5.82 Å². The first-order chi connectivity index (χ1) is 9.19. The molecule has 0 aliphatic carbocycles. The third-order valence-electron chi connectivity index (χ3n) is 4.04. The second-order valence-corrected chi connectivity index (χ2v) is 5.14. The van der Waals surface area contributed by atoms with Gasteiger partial charge in [-0.1, -0.05) is 6.92 Å². The number of fused-ring (bicyclic) bond motifs is 1. The smallest absolute Gasteiger partial charge is 0.201 e. The first-order valence-corrected chi connectivity index (χ1v) is 6.84.